The van der Waals surface area contributed by atoms with E-state index in [9.17, 15) is 5.11 Å². The number of benzene rings is 3. The van der Waals surface area contributed by atoms with Crippen LogP contribution < -0.4 is 0 Å². The maximum atomic E-state index is 11.8. The van der Waals surface area contributed by atoms with Gasteiger partial charge in [0.2, 0.25) is 0 Å². The van der Waals surface area contributed by atoms with Crippen LogP contribution in [0, 0.1) is 0 Å². The number of rotatable bonds is 6. The molecule has 2 nitrogen and oxygen atoms in total. The van der Waals surface area contributed by atoms with Gasteiger partial charge in [0.15, 0.2) is 0 Å². The summed E-state index contributed by atoms with van der Waals surface area (Å²) in [5.41, 5.74) is 3.35. The molecular formula is C26H30ClNO. The zero-order chi connectivity index (χ0) is 19.2. The molecule has 1 atom stereocenters. The molecule has 1 aliphatic heterocycles. The van der Waals surface area contributed by atoms with Crippen LogP contribution in [-0.4, -0.2) is 29.6 Å². The van der Waals surface area contributed by atoms with Gasteiger partial charge in [0.25, 0.3) is 0 Å². The molecule has 1 heterocycles. The average molecular weight is 408 g/mol. The first-order valence-corrected chi connectivity index (χ1v) is 10.4. The molecule has 3 heteroatoms. The third-order valence-electron chi connectivity index (χ3n) is 5.96. The second-order valence-electron chi connectivity index (χ2n) is 7.82. The Hall–Kier alpha value is -2.13. The van der Waals surface area contributed by atoms with Gasteiger partial charge in [0, 0.05) is 6.54 Å². The molecule has 0 aliphatic carbocycles. The Balaban J connectivity index is 0.00000240. The van der Waals surface area contributed by atoms with Gasteiger partial charge in [-0.15, -0.1) is 12.4 Å². The standard InChI is InChI=1S/C26H29NO.ClH/c28-26(24-12-6-2-7-13-24,18-21-27-19-8-3-9-20-27)25-16-14-23(15-17-25)22-10-4-1-5-11-22;/h1-2,4-7,10-17,28H,3,8-9,18-21H2;1H. The molecule has 0 spiro atoms. The number of halogens is 1. The minimum absolute atomic E-state index is 0. The minimum Gasteiger partial charge on any atom is -0.380 e. The van der Waals surface area contributed by atoms with E-state index in [0.717, 1.165) is 30.8 Å². The third-order valence-corrected chi connectivity index (χ3v) is 5.96. The maximum absolute atomic E-state index is 11.8. The minimum atomic E-state index is -0.964. The lowest BCUT2D eigenvalue weighted by molar-refractivity contribution is 0.0546. The van der Waals surface area contributed by atoms with E-state index in [-0.39, 0.29) is 12.4 Å². The fourth-order valence-electron chi connectivity index (χ4n) is 4.24. The lowest BCUT2D eigenvalue weighted by Gasteiger charge is -2.34. The van der Waals surface area contributed by atoms with E-state index in [1.165, 1.54) is 30.4 Å². The van der Waals surface area contributed by atoms with Gasteiger partial charge in [-0.3, -0.25) is 0 Å². The summed E-state index contributed by atoms with van der Waals surface area (Å²) < 4.78 is 0. The van der Waals surface area contributed by atoms with Crippen LogP contribution in [0.2, 0.25) is 0 Å². The van der Waals surface area contributed by atoms with Crippen LogP contribution in [0.25, 0.3) is 11.1 Å². The topological polar surface area (TPSA) is 23.5 Å². The van der Waals surface area contributed by atoms with E-state index in [2.05, 4.69) is 53.4 Å². The van der Waals surface area contributed by atoms with Crippen LogP contribution in [0.5, 0.6) is 0 Å². The molecule has 1 aliphatic rings. The molecule has 1 saturated heterocycles. The molecule has 1 fully saturated rings. The Morgan fingerprint density at radius 3 is 1.79 bits per heavy atom. The highest BCUT2D eigenvalue weighted by molar-refractivity contribution is 5.85. The number of likely N-dealkylation sites (tertiary alicyclic amines) is 1. The van der Waals surface area contributed by atoms with E-state index in [4.69, 9.17) is 0 Å². The maximum Gasteiger partial charge on any atom is 0.116 e. The van der Waals surface area contributed by atoms with Crippen LogP contribution in [-0.2, 0) is 5.60 Å². The second kappa shape index (κ2) is 10.1. The Bertz CT molecular complexity index is 860. The van der Waals surface area contributed by atoms with Crippen LogP contribution in [0.4, 0.5) is 0 Å². The van der Waals surface area contributed by atoms with Crippen LogP contribution >= 0.6 is 12.4 Å². The average Bonchev–Trinajstić information content (AvgIpc) is 2.79. The number of hydrogen-bond donors (Lipinski definition) is 1. The van der Waals surface area contributed by atoms with E-state index < -0.39 is 5.60 Å². The summed E-state index contributed by atoms with van der Waals surface area (Å²) in [6.07, 6.45) is 4.59. The number of hydrogen-bond acceptors (Lipinski definition) is 2. The predicted octanol–water partition coefficient (Wildman–Crippen LogP) is 5.89. The lowest BCUT2D eigenvalue weighted by atomic mass is 9.82. The Kier molecular flexibility index (Phi) is 7.49. The quantitative estimate of drug-likeness (QED) is 0.550. The zero-order valence-corrected chi connectivity index (χ0v) is 17.7. The van der Waals surface area contributed by atoms with Gasteiger partial charge in [0.1, 0.15) is 5.60 Å². The molecule has 152 valence electrons. The molecule has 4 rings (SSSR count). The van der Waals surface area contributed by atoms with Crippen molar-refractivity contribution in [2.45, 2.75) is 31.3 Å². The van der Waals surface area contributed by atoms with Gasteiger partial charge < -0.3 is 10.0 Å². The van der Waals surface area contributed by atoms with Crippen molar-refractivity contribution in [1.82, 2.24) is 4.90 Å². The van der Waals surface area contributed by atoms with Gasteiger partial charge in [0.05, 0.1) is 0 Å². The molecule has 1 unspecified atom stereocenters. The van der Waals surface area contributed by atoms with Gasteiger partial charge in [-0.2, -0.15) is 0 Å². The fourth-order valence-corrected chi connectivity index (χ4v) is 4.24. The fraction of sp³-hybridized carbons (Fsp3) is 0.308. The first-order chi connectivity index (χ1) is 13.8. The van der Waals surface area contributed by atoms with Crippen molar-refractivity contribution in [1.29, 1.82) is 0 Å². The molecule has 0 radical (unpaired) electrons. The van der Waals surface area contributed by atoms with Crippen LogP contribution in [0.15, 0.2) is 84.9 Å². The largest absolute Gasteiger partial charge is 0.380 e. The summed E-state index contributed by atoms with van der Waals surface area (Å²) in [6, 6.07) is 28.9. The highest BCUT2D eigenvalue weighted by atomic mass is 35.5. The Labute approximate surface area is 180 Å². The molecule has 0 bridgehead atoms. The summed E-state index contributed by atoms with van der Waals surface area (Å²) in [6.45, 7) is 3.22. The summed E-state index contributed by atoms with van der Waals surface area (Å²) in [5.74, 6) is 0. The van der Waals surface area contributed by atoms with Crippen molar-refractivity contribution < 1.29 is 5.11 Å². The van der Waals surface area contributed by atoms with E-state index in [1.54, 1.807) is 0 Å². The molecule has 3 aromatic rings. The zero-order valence-electron chi connectivity index (χ0n) is 16.8. The normalized spacial score (nSPS) is 16.6. The smallest absolute Gasteiger partial charge is 0.116 e. The summed E-state index contributed by atoms with van der Waals surface area (Å²) in [5, 5.41) is 11.8. The molecule has 29 heavy (non-hydrogen) atoms. The lowest BCUT2D eigenvalue weighted by Crippen LogP contribution is -2.36. The second-order valence-corrected chi connectivity index (χ2v) is 7.82. The molecule has 3 aromatic carbocycles. The predicted molar refractivity (Wildman–Crippen MR) is 123 cm³/mol. The first kappa shape index (κ1) is 21.6. The van der Waals surface area contributed by atoms with E-state index in [1.807, 2.05) is 36.4 Å². The Morgan fingerprint density at radius 2 is 1.17 bits per heavy atom. The summed E-state index contributed by atoms with van der Waals surface area (Å²) in [7, 11) is 0. The highest BCUT2D eigenvalue weighted by Gasteiger charge is 2.32. The monoisotopic (exact) mass is 407 g/mol. The van der Waals surface area contributed by atoms with E-state index in [0.29, 0.717) is 6.42 Å². The van der Waals surface area contributed by atoms with Gasteiger partial charge in [-0.05, 0) is 54.6 Å². The van der Waals surface area contributed by atoms with Crippen molar-refractivity contribution >= 4 is 12.4 Å². The summed E-state index contributed by atoms with van der Waals surface area (Å²) in [4.78, 5) is 2.50. The third kappa shape index (κ3) is 5.08. The highest BCUT2D eigenvalue weighted by Crippen LogP contribution is 2.34. The van der Waals surface area contributed by atoms with E-state index >= 15 is 0 Å². The number of aliphatic hydroxyl groups is 1. The van der Waals surface area contributed by atoms with Crippen LogP contribution in [0.3, 0.4) is 0 Å². The molecule has 0 saturated carbocycles. The van der Waals surface area contributed by atoms with Crippen molar-refractivity contribution in [2.75, 3.05) is 19.6 Å². The Morgan fingerprint density at radius 1 is 0.655 bits per heavy atom. The number of nitrogens with zero attached hydrogens (tertiary/aromatic N) is 1. The van der Waals surface area contributed by atoms with Crippen molar-refractivity contribution in [3.63, 3.8) is 0 Å². The van der Waals surface area contributed by atoms with Crippen molar-refractivity contribution in [3.05, 3.63) is 96.1 Å². The SMILES string of the molecule is Cl.OC(CCN1CCCCC1)(c1ccccc1)c1ccc(-c2ccccc2)cc1. The first-order valence-electron chi connectivity index (χ1n) is 10.4. The molecule has 1 N–H and O–H groups in total. The molecular weight excluding hydrogens is 378 g/mol. The van der Waals surface area contributed by atoms with Crippen LogP contribution in [0.1, 0.15) is 36.8 Å². The number of piperidine rings is 1. The molecule has 0 amide bonds. The summed E-state index contributed by atoms with van der Waals surface area (Å²) >= 11 is 0. The van der Waals surface area contributed by atoms with Gasteiger partial charge >= 0.3 is 0 Å². The molecule has 0 aromatic heterocycles. The van der Waals surface area contributed by atoms with Crippen molar-refractivity contribution in [2.24, 2.45) is 0 Å². The van der Waals surface area contributed by atoms with Gasteiger partial charge in [-0.1, -0.05) is 91.3 Å². The van der Waals surface area contributed by atoms with Crippen molar-refractivity contribution in [3.8, 4) is 11.1 Å². The van der Waals surface area contributed by atoms with Gasteiger partial charge in [-0.25, -0.2) is 0 Å².